The normalized spacial score (nSPS) is 27.3. The first-order valence-corrected chi connectivity index (χ1v) is 14.5. The molecule has 1 aromatic heterocycles. The van der Waals surface area contributed by atoms with E-state index in [4.69, 9.17) is 4.74 Å². The Kier molecular flexibility index (Phi) is 6.06. The number of aromatic nitrogens is 1. The zero-order valence-electron chi connectivity index (χ0n) is 19.7. The minimum absolute atomic E-state index is 0.0646. The summed E-state index contributed by atoms with van der Waals surface area (Å²) in [5, 5.41) is 3.09. The minimum Gasteiger partial charge on any atom is -0.494 e. The van der Waals surface area contributed by atoms with Crippen LogP contribution in [0.15, 0.2) is 46.8 Å². The Morgan fingerprint density at radius 3 is 2.47 bits per heavy atom. The summed E-state index contributed by atoms with van der Waals surface area (Å²) < 4.78 is 7.70. The molecule has 4 nitrogen and oxygen atoms in total. The monoisotopic (exact) mass is 492 g/mol. The number of hydrogen-bond acceptors (Lipinski definition) is 5. The highest BCUT2D eigenvalue weighted by Gasteiger charge is 2.51. The number of thiazole rings is 1. The molecule has 1 amide bonds. The molecule has 178 valence electrons. The molecule has 4 aliphatic rings. The quantitative estimate of drug-likeness (QED) is 0.336. The maximum Gasteiger partial charge on any atom is 0.225 e. The zero-order chi connectivity index (χ0) is 23.1. The summed E-state index contributed by atoms with van der Waals surface area (Å²) in [5.74, 6) is 4.51. The fourth-order valence-electron chi connectivity index (χ4n) is 7.03. The molecule has 2 aromatic carbocycles. The molecular formula is C28H32N2O2S2. The van der Waals surface area contributed by atoms with Crippen molar-refractivity contribution in [2.75, 3.05) is 17.7 Å². The van der Waals surface area contributed by atoms with Gasteiger partial charge in [0.05, 0.1) is 16.8 Å². The third-order valence-electron chi connectivity index (χ3n) is 8.03. The van der Waals surface area contributed by atoms with Gasteiger partial charge in [-0.2, -0.15) is 0 Å². The molecule has 4 saturated carbocycles. The van der Waals surface area contributed by atoms with Crippen LogP contribution in [-0.2, 0) is 10.2 Å². The number of thioether (sulfide) groups is 1. The van der Waals surface area contributed by atoms with Crippen LogP contribution in [0.3, 0.4) is 0 Å². The highest BCUT2D eigenvalue weighted by atomic mass is 32.2. The highest BCUT2D eigenvalue weighted by molar-refractivity contribution is 8.01. The Morgan fingerprint density at radius 2 is 1.79 bits per heavy atom. The predicted octanol–water partition coefficient (Wildman–Crippen LogP) is 7.28. The van der Waals surface area contributed by atoms with Crippen molar-refractivity contribution in [3.8, 4) is 5.75 Å². The maximum atomic E-state index is 12.5. The predicted molar refractivity (Wildman–Crippen MR) is 141 cm³/mol. The lowest BCUT2D eigenvalue weighted by Crippen LogP contribution is -2.48. The van der Waals surface area contributed by atoms with Crippen LogP contribution >= 0.6 is 23.1 Å². The molecule has 0 radical (unpaired) electrons. The van der Waals surface area contributed by atoms with Gasteiger partial charge in [-0.1, -0.05) is 23.9 Å². The van der Waals surface area contributed by atoms with E-state index in [9.17, 15) is 4.79 Å². The van der Waals surface area contributed by atoms with Crippen molar-refractivity contribution < 1.29 is 9.53 Å². The number of nitrogens with one attached hydrogen (secondary N) is 1. The first-order valence-electron chi connectivity index (χ1n) is 12.7. The standard InChI is InChI=1S/C28H32N2O2S2/c1-2-32-23-7-8-24-25(14-23)34-27(30-24)33-10-9-26(31)29-22-5-3-21(4-6-22)28-15-18-11-19(16-28)13-20(12-18)17-28/h3-8,14,18-20H,2,9-13,15-17H2,1H3,(H,29,31). The highest BCUT2D eigenvalue weighted by Crippen LogP contribution is 2.60. The number of ether oxygens (including phenoxy) is 1. The molecule has 7 rings (SSSR count). The molecule has 1 heterocycles. The van der Waals surface area contributed by atoms with E-state index in [0.29, 0.717) is 18.4 Å². The summed E-state index contributed by atoms with van der Waals surface area (Å²) in [6.07, 6.45) is 9.01. The van der Waals surface area contributed by atoms with Gasteiger partial charge in [0.15, 0.2) is 4.34 Å². The van der Waals surface area contributed by atoms with E-state index >= 15 is 0 Å². The Labute approximate surface area is 209 Å². The molecule has 0 atom stereocenters. The van der Waals surface area contributed by atoms with Gasteiger partial charge in [0.1, 0.15) is 5.75 Å². The number of fused-ring (bicyclic) bond motifs is 1. The Balaban J connectivity index is 1.02. The van der Waals surface area contributed by atoms with Gasteiger partial charge >= 0.3 is 0 Å². The lowest BCUT2D eigenvalue weighted by molar-refractivity contribution is -0.115. The Morgan fingerprint density at radius 1 is 1.09 bits per heavy atom. The lowest BCUT2D eigenvalue weighted by Gasteiger charge is -2.57. The zero-order valence-corrected chi connectivity index (χ0v) is 21.4. The van der Waals surface area contributed by atoms with Crippen LogP contribution in [0.4, 0.5) is 5.69 Å². The van der Waals surface area contributed by atoms with E-state index in [0.717, 1.165) is 49.5 Å². The summed E-state index contributed by atoms with van der Waals surface area (Å²) in [6, 6.07) is 14.8. The molecule has 3 aromatic rings. The van der Waals surface area contributed by atoms with Crippen molar-refractivity contribution in [2.45, 2.75) is 61.6 Å². The molecule has 0 saturated heterocycles. The molecule has 34 heavy (non-hydrogen) atoms. The van der Waals surface area contributed by atoms with Crippen LogP contribution < -0.4 is 10.1 Å². The number of amides is 1. The summed E-state index contributed by atoms with van der Waals surface area (Å²) in [5.41, 5.74) is 3.81. The summed E-state index contributed by atoms with van der Waals surface area (Å²) in [6.45, 7) is 2.65. The third-order valence-corrected chi connectivity index (χ3v) is 10.2. The van der Waals surface area contributed by atoms with Gasteiger partial charge in [0, 0.05) is 17.9 Å². The van der Waals surface area contributed by atoms with Gasteiger partial charge in [-0.3, -0.25) is 4.79 Å². The summed E-state index contributed by atoms with van der Waals surface area (Å²) in [4.78, 5) is 17.2. The lowest BCUT2D eigenvalue weighted by atomic mass is 9.48. The first-order chi connectivity index (χ1) is 16.6. The summed E-state index contributed by atoms with van der Waals surface area (Å²) >= 11 is 3.30. The molecule has 6 heteroatoms. The number of nitrogens with zero attached hydrogens (tertiary/aromatic N) is 1. The second-order valence-electron chi connectivity index (χ2n) is 10.5. The molecule has 0 aliphatic heterocycles. The van der Waals surface area contributed by atoms with E-state index in [1.54, 1.807) is 23.1 Å². The topological polar surface area (TPSA) is 51.2 Å². The number of carbonyl (C=O) groups excluding carboxylic acids is 1. The Bertz CT molecular complexity index is 1150. The SMILES string of the molecule is CCOc1ccc2nc(SCCC(=O)Nc3ccc(C45CC6CC(CC(C6)C4)C5)cc3)sc2c1. The maximum absolute atomic E-state index is 12.5. The van der Waals surface area contributed by atoms with Crippen molar-refractivity contribution in [3.63, 3.8) is 0 Å². The number of benzene rings is 2. The minimum atomic E-state index is 0.0646. The largest absolute Gasteiger partial charge is 0.494 e. The van der Waals surface area contributed by atoms with Gasteiger partial charge < -0.3 is 10.1 Å². The average Bonchev–Trinajstić information content (AvgIpc) is 3.21. The van der Waals surface area contributed by atoms with Crippen LogP contribution in [0, 0.1) is 17.8 Å². The summed E-state index contributed by atoms with van der Waals surface area (Å²) in [7, 11) is 0. The second kappa shape index (κ2) is 9.19. The van der Waals surface area contributed by atoms with E-state index in [2.05, 4.69) is 34.6 Å². The molecule has 0 unspecified atom stereocenters. The van der Waals surface area contributed by atoms with Crippen LogP contribution in [0.5, 0.6) is 5.75 Å². The number of rotatable bonds is 8. The van der Waals surface area contributed by atoms with Crippen LogP contribution in [0.25, 0.3) is 10.2 Å². The van der Waals surface area contributed by atoms with E-state index in [1.165, 1.54) is 44.1 Å². The fraction of sp³-hybridized carbons (Fsp3) is 0.500. The third kappa shape index (κ3) is 4.47. The number of carbonyl (C=O) groups is 1. The van der Waals surface area contributed by atoms with Crippen molar-refractivity contribution in [1.82, 2.24) is 4.98 Å². The smallest absolute Gasteiger partial charge is 0.225 e. The van der Waals surface area contributed by atoms with E-state index in [-0.39, 0.29) is 5.91 Å². The van der Waals surface area contributed by atoms with Crippen LogP contribution in [0.2, 0.25) is 0 Å². The van der Waals surface area contributed by atoms with E-state index in [1.807, 2.05) is 25.1 Å². The van der Waals surface area contributed by atoms with Crippen molar-refractivity contribution in [3.05, 3.63) is 48.0 Å². The van der Waals surface area contributed by atoms with Gasteiger partial charge in [-0.25, -0.2) is 4.98 Å². The van der Waals surface area contributed by atoms with Crippen molar-refractivity contribution in [2.24, 2.45) is 17.8 Å². The molecular weight excluding hydrogens is 460 g/mol. The molecule has 1 N–H and O–H groups in total. The van der Waals surface area contributed by atoms with Gasteiger partial charge in [0.25, 0.3) is 0 Å². The fourth-order valence-corrected chi connectivity index (χ4v) is 9.13. The van der Waals surface area contributed by atoms with Crippen molar-refractivity contribution in [1.29, 1.82) is 0 Å². The average molecular weight is 493 g/mol. The van der Waals surface area contributed by atoms with E-state index < -0.39 is 0 Å². The number of anilines is 1. The van der Waals surface area contributed by atoms with Gasteiger partial charge in [-0.05, 0) is 105 Å². The molecule has 4 fully saturated rings. The van der Waals surface area contributed by atoms with Gasteiger partial charge in [-0.15, -0.1) is 11.3 Å². The number of hydrogen-bond donors (Lipinski definition) is 1. The van der Waals surface area contributed by atoms with Gasteiger partial charge in [0.2, 0.25) is 5.91 Å². The Hall–Kier alpha value is -2.05. The van der Waals surface area contributed by atoms with Crippen LogP contribution in [-0.4, -0.2) is 23.3 Å². The van der Waals surface area contributed by atoms with Crippen LogP contribution in [0.1, 0.15) is 57.4 Å². The molecule has 0 spiro atoms. The molecule has 4 bridgehead atoms. The first kappa shape index (κ1) is 22.4. The molecule has 4 aliphatic carbocycles. The second-order valence-corrected chi connectivity index (χ2v) is 12.8. The van der Waals surface area contributed by atoms with Crippen molar-refractivity contribution >= 4 is 44.9 Å².